The molecule has 99 heavy (non-hydrogen) atoms. The zero-order valence-electron chi connectivity index (χ0n) is 62.6. The fourth-order valence-electron chi connectivity index (χ4n) is 10.8. The number of hydrogen-bond acceptors (Lipinski definition) is 14. The molecule has 5 unspecified atom stereocenters. The highest BCUT2D eigenvalue weighted by Crippen LogP contribution is 2.45. The Kier molecular flexibility index (Phi) is 71.6. The first-order valence-corrected chi connectivity index (χ1v) is 42.5. The van der Waals surface area contributed by atoms with E-state index in [1.807, 2.05) is 0 Å². The molecule has 5 atom stereocenters. The minimum absolute atomic E-state index is 0.104. The van der Waals surface area contributed by atoms with Gasteiger partial charge in [-0.3, -0.25) is 32.5 Å². The number of aliphatic hydroxyl groups is 2. The Morgan fingerprint density at radius 1 is 0.293 bits per heavy atom. The van der Waals surface area contributed by atoms with Crippen molar-refractivity contribution in [3.05, 3.63) is 97.2 Å². The molecule has 4 N–H and O–H groups in total. The van der Waals surface area contributed by atoms with Gasteiger partial charge in [-0.25, -0.2) is 9.13 Å². The Morgan fingerprint density at radius 2 is 0.535 bits per heavy atom. The molecule has 0 amide bonds. The summed E-state index contributed by atoms with van der Waals surface area (Å²) in [5.41, 5.74) is 0. The highest BCUT2D eigenvalue weighted by atomic mass is 31.2. The van der Waals surface area contributed by atoms with E-state index in [0.717, 1.165) is 128 Å². The lowest BCUT2D eigenvalue weighted by Crippen LogP contribution is -2.30. The zero-order valence-corrected chi connectivity index (χ0v) is 64.4. The Hall–Kier alpha value is -3.53. The van der Waals surface area contributed by atoms with Crippen LogP contribution < -0.4 is 0 Å². The number of carbonyl (C=O) groups excluding carboxylic acids is 3. The molecule has 0 aliphatic heterocycles. The average Bonchev–Trinajstić information content (AvgIpc) is 1.32. The average molecular weight is 1440 g/mol. The van der Waals surface area contributed by atoms with E-state index in [1.165, 1.54) is 154 Å². The van der Waals surface area contributed by atoms with Crippen LogP contribution in [0.3, 0.4) is 0 Å². The number of carbonyl (C=O) groups is 3. The molecule has 574 valence electrons. The molecule has 0 aromatic heterocycles. The summed E-state index contributed by atoms with van der Waals surface area (Å²) in [6.07, 6.45) is 84.8. The second-order valence-electron chi connectivity index (χ2n) is 26.5. The van der Waals surface area contributed by atoms with Crippen molar-refractivity contribution in [1.82, 2.24) is 0 Å². The van der Waals surface area contributed by atoms with Gasteiger partial charge in [0, 0.05) is 19.3 Å². The van der Waals surface area contributed by atoms with Gasteiger partial charge in [0.15, 0.2) is 6.10 Å². The summed E-state index contributed by atoms with van der Waals surface area (Å²) in [6.45, 7) is 2.54. The lowest BCUT2D eigenvalue weighted by atomic mass is 10.0. The van der Waals surface area contributed by atoms with Gasteiger partial charge in [-0.1, -0.05) is 317 Å². The first-order chi connectivity index (χ1) is 48.2. The van der Waals surface area contributed by atoms with Crippen LogP contribution in [0, 0.1) is 0 Å². The summed E-state index contributed by atoms with van der Waals surface area (Å²) in [7, 11) is -9.78. The third-order valence-electron chi connectivity index (χ3n) is 16.8. The van der Waals surface area contributed by atoms with E-state index in [4.69, 9.17) is 32.3 Å². The fraction of sp³-hybridized carbons (Fsp3) is 0.765. The molecule has 0 bridgehead atoms. The van der Waals surface area contributed by atoms with Gasteiger partial charge in [-0.05, 0) is 103 Å². The van der Waals surface area contributed by atoms with Crippen LogP contribution in [0.25, 0.3) is 0 Å². The second-order valence-corrected chi connectivity index (χ2v) is 29.4. The molecule has 0 aliphatic carbocycles. The summed E-state index contributed by atoms with van der Waals surface area (Å²) in [5.74, 6) is -1.58. The molecule has 0 fully saturated rings. The van der Waals surface area contributed by atoms with Crippen molar-refractivity contribution in [2.75, 3.05) is 39.6 Å². The maximum absolute atomic E-state index is 12.9. The lowest BCUT2D eigenvalue weighted by Gasteiger charge is -2.21. The van der Waals surface area contributed by atoms with Gasteiger partial charge in [-0.2, -0.15) is 0 Å². The predicted molar refractivity (Wildman–Crippen MR) is 408 cm³/mol. The van der Waals surface area contributed by atoms with Crippen LogP contribution in [0.15, 0.2) is 97.2 Å². The number of hydrogen-bond donors (Lipinski definition) is 4. The van der Waals surface area contributed by atoms with Crippen LogP contribution in [0.1, 0.15) is 342 Å². The van der Waals surface area contributed by atoms with Crippen LogP contribution in [-0.2, 0) is 55.8 Å². The number of phosphoric acid groups is 2. The Labute approximate surface area is 603 Å². The number of ether oxygens (including phenoxy) is 3. The first-order valence-electron chi connectivity index (χ1n) is 39.5. The van der Waals surface area contributed by atoms with Crippen molar-refractivity contribution in [3.8, 4) is 0 Å². The third-order valence-corrected chi connectivity index (χ3v) is 18.7. The van der Waals surface area contributed by atoms with Crippen molar-refractivity contribution in [3.63, 3.8) is 0 Å². The summed E-state index contributed by atoms with van der Waals surface area (Å²) < 4.78 is 61.0. The SMILES string of the molecule is CC/C=C\C/C=C\C/C=C\C/C=C\CCCCCCCCC(=O)OCC(COP(=O)(O)OCC(O)COP(=O)(O)OCC(O)COC(=O)CCCCCCCCCCCCCCCCCCC/C=C\C/C=C\C/C=C\C/C=C\CCCCC)OC(=O)CCCCCCCCCCCCC. The zero-order chi connectivity index (χ0) is 72.3. The Balaban J connectivity index is 4.35. The van der Waals surface area contributed by atoms with Crippen molar-refractivity contribution in [1.29, 1.82) is 0 Å². The molecule has 0 aliphatic rings. The Morgan fingerprint density at radius 3 is 0.869 bits per heavy atom. The molecule has 0 radical (unpaired) electrons. The standard InChI is InChI=1S/C81H144O16P2/c1-4-7-10-13-16-19-22-24-26-28-30-31-32-33-34-35-36-37-38-39-40-41-42-43-45-47-48-50-53-55-58-61-64-67-79(84)91-70-76(82)71-93-98(87,88)94-72-77(83)73-95-99(89,90)96-75-78(97-81(86)69-66-63-60-57-52-21-18-15-12-9-6-3)74-92-80(85)68-65-62-59-56-54-51-49-46-44-29-27-25-23-20-17-14-11-8-5-2/h8,11,16-17,19-20,24-27,30-31,33-34,44,46,76-78,82-83H,4-7,9-10,12-15,18,21-23,28-29,32,35-43,45,47-75H2,1-3H3,(H,87,88)(H,89,90)/b11-8-,19-16-,20-17-,26-24-,27-25-,31-30-,34-33-,46-44-. The summed E-state index contributed by atoms with van der Waals surface area (Å²) in [6, 6.07) is 0. The summed E-state index contributed by atoms with van der Waals surface area (Å²) in [5, 5.41) is 20.6. The molecule has 0 saturated heterocycles. The number of phosphoric ester groups is 2. The van der Waals surface area contributed by atoms with Crippen LogP contribution >= 0.6 is 15.6 Å². The Bertz CT molecular complexity index is 2190. The van der Waals surface area contributed by atoms with E-state index >= 15 is 0 Å². The normalized spacial score (nSPS) is 14.5. The molecule has 0 spiro atoms. The minimum Gasteiger partial charge on any atom is -0.463 e. The topological polar surface area (TPSA) is 231 Å². The number of unbranched alkanes of at least 4 members (excludes halogenated alkanes) is 36. The van der Waals surface area contributed by atoms with Crippen molar-refractivity contribution in [2.24, 2.45) is 0 Å². The van der Waals surface area contributed by atoms with E-state index in [2.05, 4.69) is 118 Å². The van der Waals surface area contributed by atoms with Gasteiger partial charge >= 0.3 is 33.6 Å². The maximum atomic E-state index is 12.9. The van der Waals surface area contributed by atoms with Crippen LogP contribution in [-0.4, -0.2) is 95.9 Å². The monoisotopic (exact) mass is 1430 g/mol. The van der Waals surface area contributed by atoms with Crippen LogP contribution in [0.5, 0.6) is 0 Å². The molecule has 0 aromatic rings. The maximum Gasteiger partial charge on any atom is 0.472 e. The number of allylic oxidation sites excluding steroid dienone is 16. The van der Waals surface area contributed by atoms with Crippen LogP contribution in [0.4, 0.5) is 0 Å². The predicted octanol–water partition coefficient (Wildman–Crippen LogP) is 23.0. The lowest BCUT2D eigenvalue weighted by molar-refractivity contribution is -0.161. The third kappa shape index (κ3) is 75.5. The smallest absolute Gasteiger partial charge is 0.463 e. The molecular formula is C81H144O16P2. The molecule has 0 rings (SSSR count). The number of aliphatic hydroxyl groups excluding tert-OH is 2. The van der Waals surface area contributed by atoms with E-state index in [0.29, 0.717) is 19.3 Å². The van der Waals surface area contributed by atoms with Gasteiger partial charge in [0.1, 0.15) is 25.4 Å². The minimum atomic E-state index is -4.92. The van der Waals surface area contributed by atoms with Crippen molar-refractivity contribution < 1.29 is 75.8 Å². The van der Waals surface area contributed by atoms with E-state index in [-0.39, 0.29) is 19.3 Å². The summed E-state index contributed by atoms with van der Waals surface area (Å²) >= 11 is 0. The largest absolute Gasteiger partial charge is 0.472 e. The molecule has 0 heterocycles. The highest BCUT2D eigenvalue weighted by Gasteiger charge is 2.29. The molecular weight excluding hydrogens is 1290 g/mol. The van der Waals surface area contributed by atoms with Gasteiger partial charge in [0.2, 0.25) is 0 Å². The highest BCUT2D eigenvalue weighted by molar-refractivity contribution is 7.47. The van der Waals surface area contributed by atoms with E-state index < -0.39 is 91.5 Å². The first kappa shape index (κ1) is 95.5. The van der Waals surface area contributed by atoms with Gasteiger partial charge in [-0.15, -0.1) is 0 Å². The van der Waals surface area contributed by atoms with E-state index in [9.17, 15) is 43.5 Å². The van der Waals surface area contributed by atoms with E-state index in [1.54, 1.807) is 0 Å². The molecule has 18 heteroatoms. The summed E-state index contributed by atoms with van der Waals surface area (Å²) in [4.78, 5) is 58.5. The van der Waals surface area contributed by atoms with Gasteiger partial charge in [0.05, 0.1) is 26.4 Å². The quantitative estimate of drug-likeness (QED) is 0.0146. The molecule has 16 nitrogen and oxygen atoms in total. The van der Waals surface area contributed by atoms with Gasteiger partial charge < -0.3 is 34.2 Å². The molecule has 0 saturated carbocycles. The molecule has 0 aromatic carbocycles. The van der Waals surface area contributed by atoms with Crippen LogP contribution in [0.2, 0.25) is 0 Å². The second kappa shape index (κ2) is 74.2. The van der Waals surface area contributed by atoms with Crippen molar-refractivity contribution >= 4 is 33.6 Å². The fourth-order valence-corrected chi connectivity index (χ4v) is 12.4. The van der Waals surface area contributed by atoms with Crippen molar-refractivity contribution in [2.45, 2.75) is 360 Å². The number of esters is 3. The van der Waals surface area contributed by atoms with Gasteiger partial charge in [0.25, 0.3) is 0 Å². The number of rotatable bonds is 75.